The predicted octanol–water partition coefficient (Wildman–Crippen LogP) is 6.49. The molecule has 0 saturated carbocycles. The van der Waals surface area contributed by atoms with Crippen LogP contribution < -0.4 is 14.5 Å². The Bertz CT molecular complexity index is 1680. The molecule has 0 aliphatic rings. The van der Waals surface area contributed by atoms with Crippen LogP contribution in [0.5, 0.6) is 0 Å². The van der Waals surface area contributed by atoms with Crippen LogP contribution in [-0.4, -0.2) is 31.9 Å². The summed E-state index contributed by atoms with van der Waals surface area (Å²) in [6.07, 6.45) is -3.31. The van der Waals surface area contributed by atoms with Crippen LogP contribution in [0.3, 0.4) is 0 Å². The van der Waals surface area contributed by atoms with Crippen LogP contribution in [0.1, 0.15) is 56.4 Å². The van der Waals surface area contributed by atoms with Crippen molar-refractivity contribution in [1.29, 1.82) is 5.26 Å². The second kappa shape index (κ2) is 13.0. The van der Waals surface area contributed by atoms with Gasteiger partial charge in [0.1, 0.15) is 0 Å². The first kappa shape index (κ1) is 31.8. The van der Waals surface area contributed by atoms with Gasteiger partial charge < -0.3 is 0 Å². The molecule has 0 N–H and O–H groups in total. The van der Waals surface area contributed by atoms with Crippen LogP contribution in [0, 0.1) is 11.3 Å². The molecular formula is C31H32F3N8Pt+. The number of para-hydroxylation sites is 1. The number of nitriles is 1. The topological polar surface area (TPSA) is 77.2 Å². The van der Waals surface area contributed by atoms with Crippen molar-refractivity contribution in [3.05, 3.63) is 83.7 Å². The third-order valence-electron chi connectivity index (χ3n) is 6.83. The molecule has 0 radical (unpaired) electrons. The number of benzene rings is 1. The van der Waals surface area contributed by atoms with Crippen LogP contribution >= 0.6 is 0 Å². The van der Waals surface area contributed by atoms with Gasteiger partial charge in [-0.1, -0.05) is 0 Å². The number of aromatic nitrogens is 4. The maximum absolute atomic E-state index is 13.3. The number of nitrogens with zero attached hydrogens (tertiary/aromatic N) is 8. The van der Waals surface area contributed by atoms with Gasteiger partial charge in [0.2, 0.25) is 0 Å². The number of hydrogen-bond donors (Lipinski definition) is 0. The molecule has 0 saturated heterocycles. The first-order chi connectivity index (χ1) is 20.4. The second-order valence-electron chi connectivity index (χ2n) is 10.4. The molecule has 0 aliphatic carbocycles. The van der Waals surface area contributed by atoms with E-state index < -0.39 is 11.9 Å². The zero-order valence-corrected chi connectivity index (χ0v) is 26.9. The van der Waals surface area contributed by atoms with Crippen molar-refractivity contribution >= 4 is 33.3 Å². The predicted molar refractivity (Wildman–Crippen MR) is 158 cm³/mol. The van der Waals surface area contributed by atoms with E-state index in [1.165, 1.54) is 6.20 Å². The normalized spacial score (nSPS) is 12.0. The second-order valence-corrected chi connectivity index (χ2v) is 11.1. The summed E-state index contributed by atoms with van der Waals surface area (Å²) in [6.45, 7) is 8.49. The third kappa shape index (κ3) is 6.75. The van der Waals surface area contributed by atoms with Crippen LogP contribution in [0.2, 0.25) is 0 Å². The molecule has 12 heteroatoms. The molecule has 0 bridgehead atoms. The van der Waals surface area contributed by atoms with E-state index >= 15 is 0 Å². The monoisotopic (exact) mass is 768 g/mol. The Morgan fingerprint density at radius 1 is 1.00 bits per heavy atom. The van der Waals surface area contributed by atoms with E-state index in [2.05, 4.69) is 56.1 Å². The summed E-state index contributed by atoms with van der Waals surface area (Å²) in [4.78, 5) is 6.87. The first-order valence-electron chi connectivity index (χ1n) is 13.5. The molecule has 8 nitrogen and oxygen atoms in total. The molecule has 0 aliphatic heterocycles. The fraction of sp³-hybridized carbons (Fsp3) is 0.290. The number of pyridine rings is 2. The van der Waals surface area contributed by atoms with Crippen molar-refractivity contribution in [2.24, 2.45) is 12.1 Å². The van der Waals surface area contributed by atoms with Gasteiger partial charge in [0.05, 0.1) is 0 Å². The van der Waals surface area contributed by atoms with Gasteiger partial charge in [-0.3, -0.25) is 0 Å². The quantitative estimate of drug-likeness (QED) is 0.111. The van der Waals surface area contributed by atoms with E-state index in [4.69, 9.17) is 4.98 Å². The van der Waals surface area contributed by atoms with Crippen molar-refractivity contribution < 1.29 is 37.1 Å². The fourth-order valence-electron chi connectivity index (χ4n) is 4.77. The minimum atomic E-state index is -4.57. The molecule has 0 amide bonds. The number of hydrazone groups is 1. The van der Waals surface area contributed by atoms with Crippen molar-refractivity contribution in [2.45, 2.75) is 45.7 Å². The fourth-order valence-corrected chi connectivity index (χ4v) is 5.05. The van der Waals surface area contributed by atoms with E-state index in [-0.39, 0.29) is 23.4 Å². The van der Waals surface area contributed by atoms with Crippen molar-refractivity contribution in [1.82, 2.24) is 14.8 Å². The number of rotatable bonds is 9. The third-order valence-corrected chi connectivity index (χ3v) is 7.45. The molecule has 43 heavy (non-hydrogen) atoms. The van der Waals surface area contributed by atoms with Crippen LogP contribution in [-0.2, 0) is 32.6 Å². The standard InChI is InChI=1S/C31H32F3N8.Pt/c1-20(2)23-11-8-12-24(21(3)4)30(23)42(29-16-10-15-28(39(29)6)40(7)37-22(5)19-35)27-14-9-13-26(36-27)41-18-17-25(38-41)31(32,33)34;/h5,8-18,20-21H,1-4,6-7H3;/q+1;/b37-22+;. The van der Waals surface area contributed by atoms with Gasteiger partial charge in [-0.05, 0) is 6.07 Å². The van der Waals surface area contributed by atoms with Crippen molar-refractivity contribution in [3.63, 3.8) is 0 Å². The van der Waals surface area contributed by atoms with E-state index in [0.717, 1.165) is 33.4 Å². The van der Waals surface area contributed by atoms with Gasteiger partial charge in [-0.2, -0.15) is 18.3 Å². The zero-order chi connectivity index (χ0) is 31.5. The maximum atomic E-state index is 13.3. The van der Waals surface area contributed by atoms with Gasteiger partial charge >= 0.3 is 225 Å². The summed E-state index contributed by atoms with van der Waals surface area (Å²) in [7, 11) is 3.65. The Labute approximate surface area is 260 Å². The SMILES string of the molecule is CC(C)c1cccc(C(C)C)c1N(c1cccc(-n2ccc(C(F)(F)F)n2)n1)c1cccc(N(C)/N=C(/C#N)[CH]=[Pt])[n+]1C. The number of hydrogen-bond acceptors (Lipinski definition) is 6. The molecule has 0 unspecified atom stereocenters. The number of anilines is 4. The molecule has 1 aromatic carbocycles. The summed E-state index contributed by atoms with van der Waals surface area (Å²) in [5.41, 5.74) is 2.36. The molecule has 4 aromatic rings. The van der Waals surface area contributed by atoms with Gasteiger partial charge in [0.15, 0.2) is 5.69 Å². The van der Waals surface area contributed by atoms with Crippen molar-refractivity contribution in [2.75, 3.05) is 17.0 Å². The number of halogens is 3. The van der Waals surface area contributed by atoms with E-state index in [9.17, 15) is 18.4 Å². The first-order valence-corrected chi connectivity index (χ1v) is 14.8. The summed E-state index contributed by atoms with van der Waals surface area (Å²) in [5.74, 6) is 2.46. The van der Waals surface area contributed by atoms with Gasteiger partial charge in [0.25, 0.3) is 0 Å². The Kier molecular flexibility index (Phi) is 9.61. The molecule has 3 aromatic heterocycles. The Balaban J connectivity index is 2.01. The van der Waals surface area contributed by atoms with E-state index in [0.29, 0.717) is 11.6 Å². The van der Waals surface area contributed by atoms with Crippen molar-refractivity contribution in [3.8, 4) is 11.9 Å². The molecule has 0 fully saturated rings. The minimum absolute atomic E-state index is 0.151. The average molecular weight is 769 g/mol. The number of alkyl halides is 3. The van der Waals surface area contributed by atoms with E-state index in [1.54, 1.807) is 28.6 Å². The van der Waals surface area contributed by atoms with Gasteiger partial charge in [-0.25, -0.2) is 0 Å². The van der Waals surface area contributed by atoms with Crippen LogP contribution in [0.4, 0.5) is 36.3 Å². The average Bonchev–Trinajstić information content (AvgIpc) is 3.48. The van der Waals surface area contributed by atoms with Crippen LogP contribution in [0.25, 0.3) is 5.82 Å². The summed E-state index contributed by atoms with van der Waals surface area (Å²) >= 11 is 1.96. The molecule has 0 atom stereocenters. The Hall–Kier alpha value is -4.16. The van der Waals surface area contributed by atoms with E-state index in [1.807, 2.05) is 66.2 Å². The molecule has 3 heterocycles. The van der Waals surface area contributed by atoms with Gasteiger partial charge in [0, 0.05) is 6.20 Å². The zero-order valence-electron chi connectivity index (χ0n) is 24.6. The van der Waals surface area contributed by atoms with Crippen LogP contribution in [0.15, 0.2) is 72.0 Å². The summed E-state index contributed by atoms with van der Waals surface area (Å²) in [5, 5.41) is 19.2. The Morgan fingerprint density at radius 3 is 2.16 bits per heavy atom. The molecular weight excluding hydrogens is 736 g/mol. The summed E-state index contributed by atoms with van der Waals surface area (Å²) < 4.78 is 44.7. The Morgan fingerprint density at radius 2 is 1.60 bits per heavy atom. The van der Waals surface area contributed by atoms with Gasteiger partial charge in [-0.15, -0.1) is 0 Å². The summed E-state index contributed by atoms with van der Waals surface area (Å²) in [6, 6.07) is 20.1. The molecule has 226 valence electrons. The molecule has 4 rings (SSSR count). The molecule has 0 spiro atoms.